The average Bonchev–Trinajstić information content (AvgIpc) is 2.59. The SMILES string of the molecule is CC1(C)CN(Cc2ccc(Br)cc2)c2ccccc2CN1. The van der Waals surface area contributed by atoms with E-state index in [0.717, 1.165) is 24.1 Å². The van der Waals surface area contributed by atoms with Gasteiger partial charge in [0.05, 0.1) is 0 Å². The van der Waals surface area contributed by atoms with Crippen LogP contribution in [0.25, 0.3) is 0 Å². The van der Waals surface area contributed by atoms with Crippen LogP contribution in [0.2, 0.25) is 0 Å². The molecule has 0 unspecified atom stereocenters. The zero-order chi connectivity index (χ0) is 14.9. The predicted molar refractivity (Wildman–Crippen MR) is 92.6 cm³/mol. The number of fused-ring (bicyclic) bond motifs is 1. The van der Waals surface area contributed by atoms with Crippen LogP contribution in [0.4, 0.5) is 5.69 Å². The second kappa shape index (κ2) is 5.82. The highest BCUT2D eigenvalue weighted by Crippen LogP contribution is 2.28. The standard InChI is InChI=1S/C18H21BrN2/c1-18(2)13-21(12-14-7-9-16(19)10-8-14)17-6-4-3-5-15(17)11-20-18/h3-10,20H,11-13H2,1-2H3. The molecule has 1 aliphatic rings. The number of hydrogen-bond donors (Lipinski definition) is 1. The van der Waals surface area contributed by atoms with Crippen molar-refractivity contribution >= 4 is 21.6 Å². The summed E-state index contributed by atoms with van der Waals surface area (Å²) in [5, 5.41) is 3.65. The van der Waals surface area contributed by atoms with Gasteiger partial charge in [0.2, 0.25) is 0 Å². The van der Waals surface area contributed by atoms with Crippen LogP contribution in [0.1, 0.15) is 25.0 Å². The molecular formula is C18H21BrN2. The maximum absolute atomic E-state index is 3.65. The molecule has 0 radical (unpaired) electrons. The summed E-state index contributed by atoms with van der Waals surface area (Å²) < 4.78 is 1.13. The minimum atomic E-state index is 0.106. The van der Waals surface area contributed by atoms with Gasteiger partial charge in [-0.1, -0.05) is 46.3 Å². The van der Waals surface area contributed by atoms with Crippen molar-refractivity contribution in [1.82, 2.24) is 5.32 Å². The largest absolute Gasteiger partial charge is 0.365 e. The molecule has 0 bridgehead atoms. The summed E-state index contributed by atoms with van der Waals surface area (Å²) in [6, 6.07) is 17.3. The van der Waals surface area contributed by atoms with Crippen molar-refractivity contribution in [3.8, 4) is 0 Å². The first-order valence-corrected chi connectivity index (χ1v) is 8.15. The predicted octanol–water partition coefficient (Wildman–Crippen LogP) is 4.34. The second-order valence-electron chi connectivity index (χ2n) is 6.35. The summed E-state index contributed by atoms with van der Waals surface area (Å²) in [6.45, 7) is 7.41. The molecule has 1 N–H and O–H groups in total. The third kappa shape index (κ3) is 3.47. The smallest absolute Gasteiger partial charge is 0.0430 e. The van der Waals surface area contributed by atoms with Gasteiger partial charge in [-0.05, 0) is 43.2 Å². The van der Waals surface area contributed by atoms with Gasteiger partial charge in [-0.2, -0.15) is 0 Å². The molecule has 1 aliphatic heterocycles. The molecule has 2 aromatic rings. The monoisotopic (exact) mass is 344 g/mol. The molecule has 0 spiro atoms. The average molecular weight is 345 g/mol. The Balaban J connectivity index is 1.92. The van der Waals surface area contributed by atoms with Crippen molar-refractivity contribution in [1.29, 1.82) is 0 Å². The zero-order valence-corrected chi connectivity index (χ0v) is 14.2. The molecule has 1 heterocycles. The number of hydrogen-bond acceptors (Lipinski definition) is 2. The summed E-state index contributed by atoms with van der Waals surface area (Å²) in [4.78, 5) is 2.48. The van der Waals surface area contributed by atoms with Gasteiger partial charge < -0.3 is 10.2 Å². The summed E-state index contributed by atoms with van der Waals surface area (Å²) in [5.74, 6) is 0. The van der Waals surface area contributed by atoms with E-state index in [4.69, 9.17) is 0 Å². The van der Waals surface area contributed by atoms with Crippen LogP contribution in [0.3, 0.4) is 0 Å². The number of nitrogens with zero attached hydrogens (tertiary/aromatic N) is 1. The maximum Gasteiger partial charge on any atom is 0.0430 e. The third-order valence-electron chi connectivity index (χ3n) is 3.96. The molecule has 0 saturated carbocycles. The quantitative estimate of drug-likeness (QED) is 0.871. The number of para-hydroxylation sites is 1. The van der Waals surface area contributed by atoms with Gasteiger partial charge in [-0.15, -0.1) is 0 Å². The number of benzene rings is 2. The van der Waals surface area contributed by atoms with Gasteiger partial charge in [0.1, 0.15) is 0 Å². The lowest BCUT2D eigenvalue weighted by Crippen LogP contribution is -2.46. The molecule has 0 amide bonds. The highest BCUT2D eigenvalue weighted by Gasteiger charge is 2.26. The lowest BCUT2D eigenvalue weighted by atomic mass is 10.0. The Kier molecular flexibility index (Phi) is 4.05. The van der Waals surface area contributed by atoms with E-state index in [-0.39, 0.29) is 5.54 Å². The topological polar surface area (TPSA) is 15.3 Å². The van der Waals surface area contributed by atoms with Gasteiger partial charge >= 0.3 is 0 Å². The fraction of sp³-hybridized carbons (Fsp3) is 0.333. The lowest BCUT2D eigenvalue weighted by Gasteiger charge is -2.32. The van der Waals surface area contributed by atoms with Crippen LogP contribution in [0, 0.1) is 0 Å². The van der Waals surface area contributed by atoms with E-state index in [2.05, 4.69) is 88.5 Å². The second-order valence-corrected chi connectivity index (χ2v) is 7.26. The normalized spacial score (nSPS) is 17.2. The Morgan fingerprint density at radius 1 is 1.10 bits per heavy atom. The van der Waals surface area contributed by atoms with E-state index in [0.29, 0.717) is 0 Å². The molecule has 2 nitrogen and oxygen atoms in total. The van der Waals surface area contributed by atoms with Crippen LogP contribution in [0.5, 0.6) is 0 Å². The highest BCUT2D eigenvalue weighted by atomic mass is 79.9. The summed E-state index contributed by atoms with van der Waals surface area (Å²) in [7, 11) is 0. The first kappa shape index (κ1) is 14.6. The van der Waals surface area contributed by atoms with Crippen molar-refractivity contribution in [2.75, 3.05) is 11.4 Å². The van der Waals surface area contributed by atoms with Gasteiger partial charge in [0, 0.05) is 35.3 Å². The molecule has 0 saturated heterocycles. The summed E-state index contributed by atoms with van der Waals surface area (Å²) in [5.41, 5.74) is 4.17. The van der Waals surface area contributed by atoms with E-state index in [1.165, 1.54) is 16.8 Å². The van der Waals surface area contributed by atoms with E-state index in [1.54, 1.807) is 0 Å². The van der Waals surface area contributed by atoms with Crippen molar-refractivity contribution in [3.05, 3.63) is 64.1 Å². The van der Waals surface area contributed by atoms with Crippen LogP contribution < -0.4 is 10.2 Å². The number of rotatable bonds is 2. The van der Waals surface area contributed by atoms with E-state index >= 15 is 0 Å². The Labute approximate surface area is 135 Å². The van der Waals surface area contributed by atoms with Crippen molar-refractivity contribution < 1.29 is 0 Å². The van der Waals surface area contributed by atoms with E-state index in [9.17, 15) is 0 Å². The Morgan fingerprint density at radius 3 is 2.57 bits per heavy atom. The van der Waals surface area contributed by atoms with Gasteiger partial charge in [-0.25, -0.2) is 0 Å². The summed E-state index contributed by atoms with van der Waals surface area (Å²) in [6.07, 6.45) is 0. The first-order chi connectivity index (χ1) is 10.0. The van der Waals surface area contributed by atoms with Gasteiger partial charge in [0.15, 0.2) is 0 Å². The first-order valence-electron chi connectivity index (χ1n) is 7.36. The maximum atomic E-state index is 3.65. The third-order valence-corrected chi connectivity index (χ3v) is 4.49. The molecule has 2 aromatic carbocycles. The molecular weight excluding hydrogens is 324 g/mol. The Morgan fingerprint density at radius 2 is 1.81 bits per heavy atom. The molecule has 3 rings (SSSR count). The Hall–Kier alpha value is -1.32. The van der Waals surface area contributed by atoms with Crippen LogP contribution in [-0.4, -0.2) is 12.1 Å². The van der Waals surface area contributed by atoms with Crippen LogP contribution in [0.15, 0.2) is 53.0 Å². The molecule has 0 atom stereocenters. The Bertz CT molecular complexity index is 619. The zero-order valence-electron chi connectivity index (χ0n) is 12.6. The number of anilines is 1. The number of nitrogens with one attached hydrogen (secondary N) is 1. The molecule has 21 heavy (non-hydrogen) atoms. The van der Waals surface area contributed by atoms with Gasteiger partial charge in [0.25, 0.3) is 0 Å². The minimum Gasteiger partial charge on any atom is -0.365 e. The highest BCUT2D eigenvalue weighted by molar-refractivity contribution is 9.10. The van der Waals surface area contributed by atoms with Crippen LogP contribution >= 0.6 is 15.9 Å². The lowest BCUT2D eigenvalue weighted by molar-refractivity contribution is 0.395. The molecule has 0 aromatic heterocycles. The minimum absolute atomic E-state index is 0.106. The molecule has 0 fully saturated rings. The fourth-order valence-electron chi connectivity index (χ4n) is 2.87. The van der Waals surface area contributed by atoms with Crippen LogP contribution in [-0.2, 0) is 13.1 Å². The molecule has 3 heteroatoms. The van der Waals surface area contributed by atoms with E-state index in [1.807, 2.05) is 0 Å². The van der Waals surface area contributed by atoms with E-state index < -0.39 is 0 Å². The van der Waals surface area contributed by atoms with Gasteiger partial charge in [-0.3, -0.25) is 0 Å². The number of halogens is 1. The fourth-order valence-corrected chi connectivity index (χ4v) is 3.14. The van der Waals surface area contributed by atoms with Crippen molar-refractivity contribution in [3.63, 3.8) is 0 Å². The van der Waals surface area contributed by atoms with Crippen molar-refractivity contribution in [2.45, 2.75) is 32.5 Å². The molecule has 110 valence electrons. The summed E-state index contributed by atoms with van der Waals surface area (Å²) >= 11 is 3.50. The molecule has 0 aliphatic carbocycles. The van der Waals surface area contributed by atoms with Crippen molar-refractivity contribution in [2.24, 2.45) is 0 Å².